The molecule has 1 aliphatic carbocycles. The van der Waals surface area contributed by atoms with Gasteiger partial charge in [0.2, 0.25) is 0 Å². The lowest BCUT2D eigenvalue weighted by molar-refractivity contribution is 0.0445. The lowest BCUT2D eigenvalue weighted by atomic mass is 9.95. The summed E-state index contributed by atoms with van der Waals surface area (Å²) < 4.78 is 6.24. The van der Waals surface area contributed by atoms with E-state index in [1.165, 1.54) is 0 Å². The number of nitrogens with zero attached hydrogens (tertiary/aromatic N) is 5. The summed E-state index contributed by atoms with van der Waals surface area (Å²) in [7, 11) is 4.16. The van der Waals surface area contributed by atoms with Gasteiger partial charge >= 0.3 is 6.01 Å². The predicted molar refractivity (Wildman–Crippen MR) is 154 cm³/mol. The summed E-state index contributed by atoms with van der Waals surface area (Å²) in [6.45, 7) is 7.27. The molecule has 2 aliphatic heterocycles. The summed E-state index contributed by atoms with van der Waals surface area (Å²) in [5, 5.41) is 22.9. The van der Waals surface area contributed by atoms with Crippen LogP contribution in [0.1, 0.15) is 59.8 Å². The van der Waals surface area contributed by atoms with Crippen LogP contribution in [0.15, 0.2) is 30.3 Å². The van der Waals surface area contributed by atoms with Gasteiger partial charge in [-0.2, -0.15) is 9.97 Å². The molecule has 0 radical (unpaired) electrons. The van der Waals surface area contributed by atoms with E-state index in [2.05, 4.69) is 23.9 Å². The number of carbonyl (C=O) groups excluding carboxylic acids is 1. The molecule has 9 nitrogen and oxygen atoms in total. The van der Waals surface area contributed by atoms with Crippen molar-refractivity contribution in [1.82, 2.24) is 19.8 Å². The Balaban J connectivity index is 1.33. The number of hydrogen-bond donors (Lipinski definition) is 2. The fraction of sp³-hybridized carbons (Fsp3) is 0.516. The van der Waals surface area contributed by atoms with Gasteiger partial charge in [0.05, 0.1) is 36.6 Å². The fourth-order valence-corrected chi connectivity index (χ4v) is 6.44. The number of hydrogen-bond acceptors (Lipinski definition) is 8. The Morgan fingerprint density at radius 2 is 1.95 bits per heavy atom. The minimum Gasteiger partial charge on any atom is -0.508 e. The number of aryl methyl sites for hydroxylation is 1. The fourth-order valence-electron chi connectivity index (χ4n) is 6.44. The number of phenols is 1. The summed E-state index contributed by atoms with van der Waals surface area (Å²) in [5.74, 6) is 0.649. The predicted octanol–water partition coefficient (Wildman–Crippen LogP) is 3.87. The molecule has 1 saturated heterocycles. The van der Waals surface area contributed by atoms with Crippen LogP contribution in [-0.4, -0.2) is 81.8 Å². The second kappa shape index (κ2) is 9.89. The SMILES string of the molecule is Cc1cccc2cc(O)cc(C(=O)N3Cc4nc(OCC5(CN(C)C)CC5)nc(N5CCC[C@@](C)(O)C5)c4C3)c12. The van der Waals surface area contributed by atoms with Crippen molar-refractivity contribution in [3.8, 4) is 11.8 Å². The number of β-amino-alcohol motifs (C(OH)–C–C–N with tert-alkyl or cyclic N) is 1. The van der Waals surface area contributed by atoms with E-state index in [4.69, 9.17) is 14.7 Å². The highest BCUT2D eigenvalue weighted by Gasteiger charge is 2.44. The van der Waals surface area contributed by atoms with Crippen molar-refractivity contribution in [2.45, 2.75) is 58.2 Å². The standard InChI is InChI=1S/C31H39N5O4/c1-20-7-5-8-21-13-22(37)14-23(26(20)21)28(38)36-15-24-25(16-36)32-29(40-19-31(10-11-31)18-34(3)4)33-27(24)35-12-6-9-30(2,39)17-35/h5,7-8,13-14,37,39H,6,9-12,15-19H2,1-4H3/t30-/m1/s1. The van der Waals surface area contributed by atoms with Crippen LogP contribution in [-0.2, 0) is 13.1 Å². The summed E-state index contributed by atoms with van der Waals surface area (Å²) in [5.41, 5.74) is 2.46. The highest BCUT2D eigenvalue weighted by atomic mass is 16.5. The molecule has 2 fully saturated rings. The molecule has 1 atom stereocenters. The van der Waals surface area contributed by atoms with E-state index >= 15 is 0 Å². The molecular weight excluding hydrogens is 506 g/mol. The number of aromatic hydroxyl groups is 1. The zero-order valence-corrected chi connectivity index (χ0v) is 23.9. The van der Waals surface area contributed by atoms with Gasteiger partial charge < -0.3 is 29.6 Å². The Labute approximate surface area is 235 Å². The first kappa shape index (κ1) is 26.8. The zero-order chi connectivity index (χ0) is 28.2. The number of anilines is 1. The molecule has 3 aliphatic rings. The molecule has 1 saturated carbocycles. The van der Waals surface area contributed by atoms with Crippen LogP contribution in [0.3, 0.4) is 0 Å². The Kier molecular flexibility index (Phi) is 6.62. The van der Waals surface area contributed by atoms with E-state index in [0.717, 1.165) is 72.2 Å². The number of ether oxygens (including phenoxy) is 1. The van der Waals surface area contributed by atoms with Gasteiger partial charge in [-0.1, -0.05) is 18.2 Å². The number of piperidine rings is 1. The molecule has 1 amide bonds. The van der Waals surface area contributed by atoms with Crippen LogP contribution in [0.5, 0.6) is 11.8 Å². The average Bonchev–Trinajstić information content (AvgIpc) is 3.50. The first-order chi connectivity index (χ1) is 19.0. The van der Waals surface area contributed by atoms with E-state index in [1.807, 2.05) is 32.0 Å². The minimum atomic E-state index is -0.812. The number of aliphatic hydroxyl groups is 1. The Morgan fingerprint density at radius 3 is 2.67 bits per heavy atom. The van der Waals surface area contributed by atoms with Gasteiger partial charge in [0.25, 0.3) is 5.91 Å². The van der Waals surface area contributed by atoms with Crippen LogP contribution < -0.4 is 9.64 Å². The van der Waals surface area contributed by atoms with Crippen molar-refractivity contribution in [2.24, 2.45) is 5.41 Å². The average molecular weight is 546 g/mol. The maximum Gasteiger partial charge on any atom is 0.318 e. The van der Waals surface area contributed by atoms with Crippen molar-refractivity contribution >= 4 is 22.5 Å². The van der Waals surface area contributed by atoms with E-state index in [-0.39, 0.29) is 17.1 Å². The van der Waals surface area contributed by atoms with Crippen LogP contribution in [0, 0.1) is 12.3 Å². The third-order valence-electron chi connectivity index (χ3n) is 8.52. The Hall–Kier alpha value is -3.43. The maximum absolute atomic E-state index is 14.0. The number of fused-ring (bicyclic) bond motifs is 2. The highest BCUT2D eigenvalue weighted by molar-refractivity contribution is 6.09. The van der Waals surface area contributed by atoms with Crippen molar-refractivity contribution in [1.29, 1.82) is 0 Å². The molecule has 40 heavy (non-hydrogen) atoms. The van der Waals surface area contributed by atoms with Crippen molar-refractivity contribution in [2.75, 3.05) is 45.2 Å². The van der Waals surface area contributed by atoms with Crippen molar-refractivity contribution in [3.63, 3.8) is 0 Å². The highest BCUT2D eigenvalue weighted by Crippen LogP contribution is 2.46. The van der Waals surface area contributed by atoms with Gasteiger partial charge in [-0.05, 0) is 82.1 Å². The molecule has 0 spiro atoms. The molecule has 6 rings (SSSR count). The third-order valence-corrected chi connectivity index (χ3v) is 8.52. The molecule has 212 valence electrons. The smallest absolute Gasteiger partial charge is 0.318 e. The Bertz CT molecular complexity index is 1470. The molecule has 2 aromatic carbocycles. The number of aromatic nitrogens is 2. The summed E-state index contributed by atoms with van der Waals surface area (Å²) in [4.78, 5) is 29.7. The van der Waals surface area contributed by atoms with E-state index in [1.54, 1.807) is 17.0 Å². The van der Waals surface area contributed by atoms with Crippen LogP contribution in [0.4, 0.5) is 5.82 Å². The topological polar surface area (TPSA) is 102 Å². The third kappa shape index (κ3) is 5.20. The molecule has 1 aromatic heterocycles. The lowest BCUT2D eigenvalue weighted by Crippen LogP contribution is -2.47. The summed E-state index contributed by atoms with van der Waals surface area (Å²) in [6.07, 6.45) is 3.84. The molecule has 2 N–H and O–H groups in total. The Morgan fingerprint density at radius 1 is 1.15 bits per heavy atom. The van der Waals surface area contributed by atoms with E-state index in [9.17, 15) is 15.0 Å². The normalized spacial score (nSPS) is 21.6. The number of carbonyl (C=O) groups is 1. The lowest BCUT2D eigenvalue weighted by Gasteiger charge is -2.38. The number of phenolic OH excluding ortho intramolecular Hbond substituents is 1. The van der Waals surface area contributed by atoms with Gasteiger partial charge in [-0.15, -0.1) is 0 Å². The quantitative estimate of drug-likeness (QED) is 0.461. The molecule has 3 aromatic rings. The first-order valence-electron chi connectivity index (χ1n) is 14.2. The number of amides is 1. The van der Waals surface area contributed by atoms with Crippen molar-refractivity contribution in [3.05, 3.63) is 52.7 Å². The molecular formula is C31H39N5O4. The second-order valence-electron chi connectivity index (χ2n) is 12.6. The van der Waals surface area contributed by atoms with Gasteiger partial charge in [0, 0.05) is 30.6 Å². The van der Waals surface area contributed by atoms with Gasteiger partial charge in [0.15, 0.2) is 0 Å². The first-order valence-corrected chi connectivity index (χ1v) is 14.2. The van der Waals surface area contributed by atoms with E-state index in [0.29, 0.717) is 37.8 Å². The van der Waals surface area contributed by atoms with Crippen molar-refractivity contribution < 1.29 is 19.7 Å². The van der Waals surface area contributed by atoms with Gasteiger partial charge in [0.1, 0.15) is 11.6 Å². The van der Waals surface area contributed by atoms with Crippen LogP contribution in [0.2, 0.25) is 0 Å². The van der Waals surface area contributed by atoms with Crippen LogP contribution in [0.25, 0.3) is 10.8 Å². The van der Waals surface area contributed by atoms with E-state index < -0.39 is 5.60 Å². The zero-order valence-electron chi connectivity index (χ0n) is 23.9. The van der Waals surface area contributed by atoms with Gasteiger partial charge in [-0.25, -0.2) is 0 Å². The number of rotatable bonds is 7. The molecule has 3 heterocycles. The largest absolute Gasteiger partial charge is 0.508 e. The monoisotopic (exact) mass is 545 g/mol. The maximum atomic E-state index is 14.0. The minimum absolute atomic E-state index is 0.0663. The molecule has 0 bridgehead atoms. The summed E-state index contributed by atoms with van der Waals surface area (Å²) >= 11 is 0. The van der Waals surface area contributed by atoms with Gasteiger partial charge in [-0.3, -0.25) is 4.79 Å². The number of benzene rings is 2. The molecule has 0 unspecified atom stereocenters. The second-order valence-corrected chi connectivity index (χ2v) is 12.6. The van der Waals surface area contributed by atoms with Crippen LogP contribution >= 0.6 is 0 Å². The summed E-state index contributed by atoms with van der Waals surface area (Å²) in [6, 6.07) is 9.40. The molecule has 9 heteroatoms.